The van der Waals surface area contributed by atoms with Crippen molar-refractivity contribution in [3.63, 3.8) is 0 Å². The molecule has 1 aliphatic carbocycles. The third-order valence-electron chi connectivity index (χ3n) is 3.53. The van der Waals surface area contributed by atoms with Crippen LogP contribution < -0.4 is 5.32 Å². The van der Waals surface area contributed by atoms with Gasteiger partial charge in [-0.15, -0.1) is 0 Å². The molecule has 1 aliphatic rings. The van der Waals surface area contributed by atoms with E-state index in [0.717, 1.165) is 18.5 Å². The molecule has 0 saturated heterocycles. The molecule has 0 heterocycles. The van der Waals surface area contributed by atoms with E-state index < -0.39 is 0 Å². The number of hydrogen-bond acceptors (Lipinski definition) is 1. The molecule has 1 nitrogen and oxygen atoms in total. The summed E-state index contributed by atoms with van der Waals surface area (Å²) < 4.78 is 13.9. The van der Waals surface area contributed by atoms with Crippen LogP contribution in [0.4, 0.5) is 4.39 Å². The van der Waals surface area contributed by atoms with Crippen LogP contribution in [0.15, 0.2) is 18.2 Å². The van der Waals surface area contributed by atoms with Gasteiger partial charge in [0.25, 0.3) is 0 Å². The van der Waals surface area contributed by atoms with Crippen molar-refractivity contribution in [3.8, 4) is 0 Å². The Morgan fingerprint density at radius 3 is 2.76 bits per heavy atom. The Bertz CT molecular complexity index is 376. The highest BCUT2D eigenvalue weighted by molar-refractivity contribution is 6.30. The molecule has 17 heavy (non-hydrogen) atoms. The second-order valence-corrected chi connectivity index (χ2v) is 5.23. The van der Waals surface area contributed by atoms with Gasteiger partial charge in [-0.3, -0.25) is 0 Å². The van der Waals surface area contributed by atoms with E-state index in [-0.39, 0.29) is 11.9 Å². The fraction of sp³-hybridized carbons (Fsp3) is 0.571. The maximum absolute atomic E-state index is 13.9. The van der Waals surface area contributed by atoms with Crippen LogP contribution >= 0.6 is 11.6 Å². The fourth-order valence-electron chi connectivity index (χ4n) is 2.36. The first kappa shape index (κ1) is 12.8. The normalized spacial score (nSPS) is 17.8. The number of rotatable bonds is 5. The van der Waals surface area contributed by atoms with Crippen LogP contribution in [0, 0.1) is 11.7 Å². The van der Waals surface area contributed by atoms with Crippen molar-refractivity contribution in [3.05, 3.63) is 34.6 Å². The quantitative estimate of drug-likeness (QED) is 0.826. The molecular weight excluding hydrogens is 237 g/mol. The first-order valence-corrected chi connectivity index (χ1v) is 6.78. The summed E-state index contributed by atoms with van der Waals surface area (Å²) in [6, 6.07) is 5.17. The zero-order chi connectivity index (χ0) is 12.3. The van der Waals surface area contributed by atoms with Gasteiger partial charge in [-0.25, -0.2) is 4.39 Å². The fourth-order valence-corrected chi connectivity index (χ4v) is 2.52. The predicted molar refractivity (Wildman–Crippen MR) is 69.8 cm³/mol. The molecule has 1 fully saturated rings. The van der Waals surface area contributed by atoms with Gasteiger partial charge in [-0.1, -0.05) is 31.0 Å². The molecule has 0 aromatic heterocycles. The molecule has 1 aromatic rings. The van der Waals surface area contributed by atoms with Crippen LogP contribution in [0.2, 0.25) is 5.02 Å². The summed E-state index contributed by atoms with van der Waals surface area (Å²) in [5.74, 6) is 0.398. The summed E-state index contributed by atoms with van der Waals surface area (Å²) in [7, 11) is 0. The van der Waals surface area contributed by atoms with Crippen molar-refractivity contribution in [2.45, 2.75) is 38.6 Å². The van der Waals surface area contributed by atoms with E-state index in [1.807, 2.05) is 6.07 Å². The molecule has 1 atom stereocenters. The molecule has 1 N–H and O–H groups in total. The molecule has 1 saturated carbocycles. The molecule has 2 rings (SSSR count). The Balaban J connectivity index is 2.17. The molecule has 0 spiro atoms. The first-order chi connectivity index (χ1) is 8.22. The third-order valence-corrected chi connectivity index (χ3v) is 3.77. The molecule has 0 radical (unpaired) electrons. The monoisotopic (exact) mass is 255 g/mol. The second kappa shape index (κ2) is 5.83. The second-order valence-electron chi connectivity index (χ2n) is 4.79. The molecular formula is C14H19ClFN. The van der Waals surface area contributed by atoms with Crippen LogP contribution in [0.25, 0.3) is 0 Å². The summed E-state index contributed by atoms with van der Waals surface area (Å²) in [6.07, 6.45) is 4.73. The van der Waals surface area contributed by atoms with Crippen LogP contribution in [0.5, 0.6) is 0 Å². The van der Waals surface area contributed by atoms with Crippen molar-refractivity contribution >= 4 is 11.6 Å². The third kappa shape index (κ3) is 2.99. The van der Waals surface area contributed by atoms with E-state index in [1.165, 1.54) is 25.3 Å². The SMILES string of the molecule is CCCNC(c1ccc(Cl)cc1F)C1CCC1. The van der Waals surface area contributed by atoms with Gasteiger partial charge in [0.2, 0.25) is 0 Å². The highest BCUT2D eigenvalue weighted by Gasteiger charge is 2.29. The molecule has 1 aromatic carbocycles. The van der Waals surface area contributed by atoms with E-state index in [2.05, 4.69) is 12.2 Å². The summed E-state index contributed by atoms with van der Waals surface area (Å²) in [4.78, 5) is 0. The predicted octanol–water partition coefficient (Wildman–Crippen LogP) is 4.32. The average molecular weight is 256 g/mol. The van der Waals surface area contributed by atoms with Crippen LogP contribution in [0.1, 0.15) is 44.2 Å². The van der Waals surface area contributed by atoms with E-state index in [1.54, 1.807) is 6.07 Å². The molecule has 0 aliphatic heterocycles. The van der Waals surface area contributed by atoms with Gasteiger partial charge in [0.1, 0.15) is 5.82 Å². The largest absolute Gasteiger partial charge is 0.310 e. The Labute approximate surface area is 107 Å². The minimum atomic E-state index is -0.182. The topological polar surface area (TPSA) is 12.0 Å². The molecule has 1 unspecified atom stereocenters. The standard InChI is InChI=1S/C14H19ClFN/c1-2-8-17-14(10-4-3-5-10)12-7-6-11(15)9-13(12)16/h6-7,9-10,14,17H,2-5,8H2,1H3. The Morgan fingerprint density at radius 2 is 2.24 bits per heavy atom. The minimum absolute atomic E-state index is 0.154. The smallest absolute Gasteiger partial charge is 0.129 e. The zero-order valence-electron chi connectivity index (χ0n) is 10.2. The van der Waals surface area contributed by atoms with E-state index >= 15 is 0 Å². The number of halogens is 2. The zero-order valence-corrected chi connectivity index (χ0v) is 10.9. The van der Waals surface area contributed by atoms with Crippen molar-refractivity contribution in [1.29, 1.82) is 0 Å². The van der Waals surface area contributed by atoms with Gasteiger partial charge in [0.15, 0.2) is 0 Å². The molecule has 0 bridgehead atoms. The first-order valence-electron chi connectivity index (χ1n) is 6.40. The molecule has 3 heteroatoms. The van der Waals surface area contributed by atoms with Gasteiger partial charge >= 0.3 is 0 Å². The summed E-state index contributed by atoms with van der Waals surface area (Å²) in [5, 5.41) is 3.93. The van der Waals surface area contributed by atoms with Gasteiger partial charge < -0.3 is 5.32 Å². The lowest BCUT2D eigenvalue weighted by Gasteiger charge is -2.35. The highest BCUT2D eigenvalue weighted by atomic mass is 35.5. The van der Waals surface area contributed by atoms with Crippen LogP contribution in [0.3, 0.4) is 0 Å². The number of hydrogen-bond donors (Lipinski definition) is 1. The maximum Gasteiger partial charge on any atom is 0.129 e. The van der Waals surface area contributed by atoms with Gasteiger partial charge in [0, 0.05) is 16.6 Å². The van der Waals surface area contributed by atoms with Crippen LogP contribution in [-0.2, 0) is 0 Å². The lowest BCUT2D eigenvalue weighted by molar-refractivity contribution is 0.227. The molecule has 0 amide bonds. The van der Waals surface area contributed by atoms with Gasteiger partial charge in [0.05, 0.1) is 0 Å². The Morgan fingerprint density at radius 1 is 1.47 bits per heavy atom. The number of nitrogens with one attached hydrogen (secondary N) is 1. The van der Waals surface area contributed by atoms with Crippen molar-refractivity contribution in [2.24, 2.45) is 5.92 Å². The van der Waals surface area contributed by atoms with Crippen molar-refractivity contribution in [1.82, 2.24) is 5.32 Å². The van der Waals surface area contributed by atoms with E-state index in [0.29, 0.717) is 10.9 Å². The lowest BCUT2D eigenvalue weighted by Crippen LogP contribution is -2.33. The lowest BCUT2D eigenvalue weighted by atomic mass is 9.77. The van der Waals surface area contributed by atoms with Gasteiger partial charge in [-0.05, 0) is 43.9 Å². The average Bonchev–Trinajstić information content (AvgIpc) is 2.22. The summed E-state index contributed by atoms with van der Waals surface area (Å²) >= 11 is 5.79. The van der Waals surface area contributed by atoms with Gasteiger partial charge in [-0.2, -0.15) is 0 Å². The molecule has 94 valence electrons. The van der Waals surface area contributed by atoms with Crippen LogP contribution in [-0.4, -0.2) is 6.54 Å². The Hall–Kier alpha value is -0.600. The van der Waals surface area contributed by atoms with E-state index in [9.17, 15) is 4.39 Å². The Kier molecular flexibility index (Phi) is 4.41. The highest BCUT2D eigenvalue weighted by Crippen LogP contribution is 2.38. The van der Waals surface area contributed by atoms with Crippen molar-refractivity contribution < 1.29 is 4.39 Å². The maximum atomic E-state index is 13.9. The minimum Gasteiger partial charge on any atom is -0.310 e. The summed E-state index contributed by atoms with van der Waals surface area (Å²) in [6.45, 7) is 3.06. The van der Waals surface area contributed by atoms with Crippen molar-refractivity contribution in [2.75, 3.05) is 6.54 Å². The number of benzene rings is 1. The van der Waals surface area contributed by atoms with E-state index in [4.69, 9.17) is 11.6 Å². The summed E-state index contributed by atoms with van der Waals surface area (Å²) in [5.41, 5.74) is 0.771.